The standard InChI is InChI=1S/C16H19N5O/c1-3-20-8-6-15(19-20)18-16(22)7-9-21-14-5-4-12(2)10-13(14)11-17-21/h4-6,8,10-11H,3,7,9H2,1-2H3,(H,18,19,22). The van der Waals surface area contributed by atoms with Crippen LogP contribution >= 0.6 is 0 Å². The molecule has 0 saturated carbocycles. The molecule has 2 heterocycles. The number of carbonyl (C=O) groups is 1. The van der Waals surface area contributed by atoms with Gasteiger partial charge in [0.05, 0.1) is 18.3 Å². The van der Waals surface area contributed by atoms with Crippen molar-refractivity contribution in [3.63, 3.8) is 0 Å². The van der Waals surface area contributed by atoms with Gasteiger partial charge in [-0.15, -0.1) is 0 Å². The summed E-state index contributed by atoms with van der Waals surface area (Å²) in [7, 11) is 0. The second-order valence-electron chi connectivity index (χ2n) is 5.28. The van der Waals surface area contributed by atoms with E-state index >= 15 is 0 Å². The van der Waals surface area contributed by atoms with Crippen LogP contribution in [-0.2, 0) is 17.9 Å². The number of fused-ring (bicyclic) bond motifs is 1. The average molecular weight is 297 g/mol. The zero-order valence-corrected chi connectivity index (χ0v) is 12.8. The smallest absolute Gasteiger partial charge is 0.227 e. The van der Waals surface area contributed by atoms with Crippen molar-refractivity contribution in [2.24, 2.45) is 0 Å². The first-order valence-corrected chi connectivity index (χ1v) is 7.41. The van der Waals surface area contributed by atoms with Crippen LogP contribution in [0.4, 0.5) is 5.82 Å². The number of anilines is 1. The lowest BCUT2D eigenvalue weighted by Crippen LogP contribution is -2.15. The molecule has 3 rings (SSSR count). The molecule has 0 aliphatic heterocycles. The molecule has 22 heavy (non-hydrogen) atoms. The molecule has 3 aromatic rings. The number of aromatic nitrogens is 4. The van der Waals surface area contributed by atoms with Gasteiger partial charge < -0.3 is 5.32 Å². The highest BCUT2D eigenvalue weighted by atomic mass is 16.1. The molecule has 1 N–H and O–H groups in total. The topological polar surface area (TPSA) is 64.7 Å². The molecule has 0 fully saturated rings. The van der Waals surface area contributed by atoms with Crippen molar-refractivity contribution in [2.75, 3.05) is 5.32 Å². The van der Waals surface area contributed by atoms with E-state index in [4.69, 9.17) is 0 Å². The van der Waals surface area contributed by atoms with Gasteiger partial charge in [-0.3, -0.25) is 14.2 Å². The molecule has 114 valence electrons. The molecular formula is C16H19N5O. The first-order chi connectivity index (χ1) is 10.7. The van der Waals surface area contributed by atoms with Crippen LogP contribution < -0.4 is 5.32 Å². The molecule has 0 aliphatic rings. The van der Waals surface area contributed by atoms with Crippen LogP contribution in [0.3, 0.4) is 0 Å². The van der Waals surface area contributed by atoms with Gasteiger partial charge in [-0.25, -0.2) is 0 Å². The second-order valence-corrected chi connectivity index (χ2v) is 5.28. The maximum Gasteiger partial charge on any atom is 0.227 e. The van der Waals surface area contributed by atoms with Gasteiger partial charge in [-0.05, 0) is 26.0 Å². The molecule has 2 aromatic heterocycles. The van der Waals surface area contributed by atoms with Crippen molar-refractivity contribution >= 4 is 22.6 Å². The van der Waals surface area contributed by atoms with E-state index in [2.05, 4.69) is 34.6 Å². The minimum Gasteiger partial charge on any atom is -0.309 e. The van der Waals surface area contributed by atoms with Crippen molar-refractivity contribution in [1.29, 1.82) is 0 Å². The highest BCUT2D eigenvalue weighted by Gasteiger charge is 2.08. The van der Waals surface area contributed by atoms with Gasteiger partial charge in [-0.2, -0.15) is 10.2 Å². The number of aryl methyl sites for hydroxylation is 3. The Bertz CT molecular complexity index is 802. The Morgan fingerprint density at radius 1 is 1.32 bits per heavy atom. The van der Waals surface area contributed by atoms with E-state index in [-0.39, 0.29) is 5.91 Å². The minimum atomic E-state index is -0.0582. The maximum absolute atomic E-state index is 12.0. The summed E-state index contributed by atoms with van der Waals surface area (Å²) in [5.74, 6) is 0.532. The molecule has 0 radical (unpaired) electrons. The molecule has 0 unspecified atom stereocenters. The fraction of sp³-hybridized carbons (Fsp3) is 0.312. The SMILES string of the molecule is CCn1ccc(NC(=O)CCn2ncc3cc(C)ccc32)n1. The van der Waals surface area contributed by atoms with Crippen LogP contribution in [-0.4, -0.2) is 25.5 Å². The summed E-state index contributed by atoms with van der Waals surface area (Å²) in [6.45, 7) is 5.39. The number of nitrogens with zero attached hydrogens (tertiary/aromatic N) is 4. The monoisotopic (exact) mass is 297 g/mol. The van der Waals surface area contributed by atoms with Crippen LogP contribution in [0.2, 0.25) is 0 Å². The molecule has 0 atom stereocenters. The van der Waals surface area contributed by atoms with Gasteiger partial charge in [0, 0.05) is 30.6 Å². The van der Waals surface area contributed by atoms with Gasteiger partial charge in [-0.1, -0.05) is 11.6 Å². The van der Waals surface area contributed by atoms with Gasteiger partial charge in [0.2, 0.25) is 5.91 Å². The van der Waals surface area contributed by atoms with E-state index in [1.807, 2.05) is 30.1 Å². The van der Waals surface area contributed by atoms with Crippen LogP contribution in [0.25, 0.3) is 10.9 Å². The van der Waals surface area contributed by atoms with Crippen LogP contribution in [0, 0.1) is 6.92 Å². The van der Waals surface area contributed by atoms with Crippen LogP contribution in [0.15, 0.2) is 36.7 Å². The molecule has 1 amide bonds. The van der Waals surface area contributed by atoms with E-state index in [1.165, 1.54) is 5.56 Å². The quantitative estimate of drug-likeness (QED) is 0.787. The number of nitrogens with one attached hydrogen (secondary N) is 1. The van der Waals surface area contributed by atoms with Crippen LogP contribution in [0.1, 0.15) is 18.9 Å². The molecule has 0 saturated heterocycles. The third-order valence-electron chi connectivity index (χ3n) is 3.58. The highest BCUT2D eigenvalue weighted by molar-refractivity contribution is 5.89. The Hall–Kier alpha value is -2.63. The van der Waals surface area contributed by atoms with Crippen molar-refractivity contribution in [3.8, 4) is 0 Å². The van der Waals surface area contributed by atoms with Crippen molar-refractivity contribution < 1.29 is 4.79 Å². The Morgan fingerprint density at radius 3 is 2.95 bits per heavy atom. The summed E-state index contributed by atoms with van der Waals surface area (Å²) < 4.78 is 3.64. The molecule has 0 bridgehead atoms. The summed E-state index contributed by atoms with van der Waals surface area (Å²) in [5, 5.41) is 12.5. The van der Waals surface area contributed by atoms with E-state index in [0.29, 0.717) is 18.8 Å². The molecule has 6 nitrogen and oxygen atoms in total. The molecular weight excluding hydrogens is 278 g/mol. The normalized spacial score (nSPS) is 11.0. The molecule has 0 aliphatic carbocycles. The number of rotatable bonds is 5. The predicted octanol–water partition coefficient (Wildman–Crippen LogP) is 2.59. The molecule has 0 spiro atoms. The minimum absolute atomic E-state index is 0.0582. The second kappa shape index (κ2) is 6.01. The average Bonchev–Trinajstić information content (AvgIpc) is 3.11. The predicted molar refractivity (Wildman–Crippen MR) is 85.6 cm³/mol. The van der Waals surface area contributed by atoms with Gasteiger partial charge >= 0.3 is 0 Å². The maximum atomic E-state index is 12.0. The summed E-state index contributed by atoms with van der Waals surface area (Å²) in [6.07, 6.45) is 4.05. The summed E-state index contributed by atoms with van der Waals surface area (Å²) in [5.41, 5.74) is 2.25. The molecule has 6 heteroatoms. The van der Waals surface area contributed by atoms with Gasteiger partial charge in [0.15, 0.2) is 5.82 Å². The van der Waals surface area contributed by atoms with Crippen molar-refractivity contribution in [3.05, 3.63) is 42.2 Å². The van der Waals surface area contributed by atoms with E-state index < -0.39 is 0 Å². The number of hydrogen-bond donors (Lipinski definition) is 1. The number of carbonyl (C=O) groups excluding carboxylic acids is 1. The largest absolute Gasteiger partial charge is 0.309 e. The Balaban J connectivity index is 1.62. The highest BCUT2D eigenvalue weighted by Crippen LogP contribution is 2.15. The number of hydrogen-bond acceptors (Lipinski definition) is 3. The lowest BCUT2D eigenvalue weighted by Gasteiger charge is -2.04. The fourth-order valence-electron chi connectivity index (χ4n) is 2.40. The Morgan fingerprint density at radius 2 is 2.18 bits per heavy atom. The summed E-state index contributed by atoms with van der Waals surface area (Å²) in [6, 6.07) is 7.99. The Kier molecular flexibility index (Phi) is 3.91. The van der Waals surface area contributed by atoms with E-state index in [9.17, 15) is 4.79 Å². The number of amides is 1. The first kappa shape index (κ1) is 14.3. The van der Waals surface area contributed by atoms with Gasteiger partial charge in [0.1, 0.15) is 0 Å². The zero-order valence-electron chi connectivity index (χ0n) is 12.8. The summed E-state index contributed by atoms with van der Waals surface area (Å²) in [4.78, 5) is 12.0. The van der Waals surface area contributed by atoms with E-state index in [0.717, 1.165) is 17.4 Å². The van der Waals surface area contributed by atoms with Gasteiger partial charge in [0.25, 0.3) is 0 Å². The fourth-order valence-corrected chi connectivity index (χ4v) is 2.40. The third-order valence-corrected chi connectivity index (χ3v) is 3.58. The number of benzene rings is 1. The third kappa shape index (κ3) is 3.00. The lowest BCUT2D eigenvalue weighted by molar-refractivity contribution is -0.116. The zero-order chi connectivity index (χ0) is 15.5. The Labute approximate surface area is 128 Å². The molecule has 1 aromatic carbocycles. The lowest BCUT2D eigenvalue weighted by atomic mass is 10.2. The van der Waals surface area contributed by atoms with Crippen molar-refractivity contribution in [1.82, 2.24) is 19.6 Å². The first-order valence-electron chi connectivity index (χ1n) is 7.41. The van der Waals surface area contributed by atoms with Crippen LogP contribution in [0.5, 0.6) is 0 Å². The van der Waals surface area contributed by atoms with E-state index in [1.54, 1.807) is 10.7 Å². The van der Waals surface area contributed by atoms with Crippen molar-refractivity contribution in [2.45, 2.75) is 33.4 Å². The summed E-state index contributed by atoms with van der Waals surface area (Å²) >= 11 is 0.